The standard InChI is InChI=1S/C18H17FO2/c1-2-14-5-7-18(8-6-14)21-13-16-10-15(4-3-9-20)11-17(19)12-16/h5-8,10-12,20H,2,9,13H2,1H3. The number of benzene rings is 2. The molecule has 0 aliphatic carbocycles. The van der Waals surface area contributed by atoms with Crippen LogP contribution in [0.3, 0.4) is 0 Å². The van der Waals surface area contributed by atoms with E-state index < -0.39 is 0 Å². The van der Waals surface area contributed by atoms with E-state index >= 15 is 0 Å². The van der Waals surface area contributed by atoms with Crippen LogP contribution in [0, 0.1) is 17.7 Å². The van der Waals surface area contributed by atoms with Crippen LogP contribution in [-0.4, -0.2) is 11.7 Å². The zero-order valence-electron chi connectivity index (χ0n) is 11.9. The first-order valence-electron chi connectivity index (χ1n) is 6.82. The number of aliphatic hydroxyl groups excluding tert-OH is 1. The van der Waals surface area contributed by atoms with Crippen LogP contribution in [0.2, 0.25) is 0 Å². The molecule has 0 fully saturated rings. The molecule has 0 aliphatic rings. The lowest BCUT2D eigenvalue weighted by Gasteiger charge is -2.07. The lowest BCUT2D eigenvalue weighted by Crippen LogP contribution is -1.97. The molecular formula is C18H17FO2. The van der Waals surface area contributed by atoms with E-state index in [2.05, 4.69) is 18.8 Å². The molecule has 21 heavy (non-hydrogen) atoms. The van der Waals surface area contributed by atoms with Crippen LogP contribution < -0.4 is 4.74 Å². The Kier molecular flexibility index (Phi) is 5.36. The van der Waals surface area contributed by atoms with Crippen LogP contribution in [0.1, 0.15) is 23.6 Å². The topological polar surface area (TPSA) is 29.5 Å². The third-order valence-corrected chi connectivity index (χ3v) is 3.01. The summed E-state index contributed by atoms with van der Waals surface area (Å²) in [6.45, 7) is 2.13. The highest BCUT2D eigenvalue weighted by atomic mass is 19.1. The lowest BCUT2D eigenvalue weighted by molar-refractivity contribution is 0.305. The molecule has 0 spiro atoms. The molecule has 2 aromatic rings. The Morgan fingerprint density at radius 3 is 2.52 bits per heavy atom. The predicted octanol–water partition coefficient (Wildman–Crippen LogP) is 3.31. The van der Waals surface area contributed by atoms with Crippen LogP contribution in [-0.2, 0) is 13.0 Å². The van der Waals surface area contributed by atoms with E-state index in [-0.39, 0.29) is 19.0 Å². The number of aliphatic hydroxyl groups is 1. The van der Waals surface area contributed by atoms with E-state index in [4.69, 9.17) is 9.84 Å². The predicted molar refractivity (Wildman–Crippen MR) is 80.5 cm³/mol. The molecule has 0 saturated carbocycles. The molecule has 0 amide bonds. The minimum Gasteiger partial charge on any atom is -0.489 e. The largest absolute Gasteiger partial charge is 0.489 e. The molecule has 0 radical (unpaired) electrons. The first kappa shape index (κ1) is 15.1. The van der Waals surface area contributed by atoms with Gasteiger partial charge in [0.15, 0.2) is 0 Å². The fourth-order valence-electron chi connectivity index (χ4n) is 1.94. The fourth-order valence-corrected chi connectivity index (χ4v) is 1.94. The molecule has 2 aromatic carbocycles. The summed E-state index contributed by atoms with van der Waals surface area (Å²) in [6, 6.07) is 12.4. The minimum atomic E-state index is -0.361. The number of aryl methyl sites for hydroxylation is 1. The van der Waals surface area contributed by atoms with Gasteiger partial charge in [0, 0.05) is 5.56 Å². The normalized spacial score (nSPS) is 9.86. The Balaban J connectivity index is 2.06. The molecule has 108 valence electrons. The Labute approximate surface area is 124 Å². The second-order valence-electron chi connectivity index (χ2n) is 4.59. The summed E-state index contributed by atoms with van der Waals surface area (Å²) in [7, 11) is 0. The van der Waals surface area contributed by atoms with Crippen molar-refractivity contribution in [2.45, 2.75) is 20.0 Å². The molecule has 0 atom stereocenters. The molecule has 3 heteroatoms. The van der Waals surface area contributed by atoms with Crippen molar-refractivity contribution in [3.05, 3.63) is 65.0 Å². The Bertz CT molecular complexity index is 651. The number of hydrogen-bond acceptors (Lipinski definition) is 2. The zero-order chi connectivity index (χ0) is 15.1. The van der Waals surface area contributed by atoms with Crippen molar-refractivity contribution in [1.82, 2.24) is 0 Å². The van der Waals surface area contributed by atoms with Crippen LogP contribution in [0.15, 0.2) is 42.5 Å². The molecular weight excluding hydrogens is 267 g/mol. The number of hydrogen-bond donors (Lipinski definition) is 1. The van der Waals surface area contributed by atoms with Gasteiger partial charge in [-0.25, -0.2) is 4.39 Å². The van der Waals surface area contributed by atoms with Gasteiger partial charge in [-0.3, -0.25) is 0 Å². The Morgan fingerprint density at radius 1 is 1.10 bits per heavy atom. The minimum absolute atomic E-state index is 0.244. The van der Waals surface area contributed by atoms with Gasteiger partial charge in [-0.2, -0.15) is 0 Å². The molecule has 0 heterocycles. The average molecular weight is 284 g/mol. The lowest BCUT2D eigenvalue weighted by atomic mass is 10.1. The van der Waals surface area contributed by atoms with Crippen LogP contribution in [0.4, 0.5) is 4.39 Å². The van der Waals surface area contributed by atoms with Crippen molar-refractivity contribution < 1.29 is 14.2 Å². The van der Waals surface area contributed by atoms with E-state index in [0.717, 1.165) is 12.2 Å². The van der Waals surface area contributed by atoms with Crippen molar-refractivity contribution >= 4 is 0 Å². The van der Waals surface area contributed by atoms with E-state index in [1.54, 1.807) is 6.07 Å². The molecule has 0 aromatic heterocycles. The number of rotatable bonds is 4. The number of ether oxygens (including phenoxy) is 1. The van der Waals surface area contributed by atoms with E-state index in [1.807, 2.05) is 24.3 Å². The molecule has 0 bridgehead atoms. The van der Waals surface area contributed by atoms with Gasteiger partial charge in [0.25, 0.3) is 0 Å². The van der Waals surface area contributed by atoms with Gasteiger partial charge >= 0.3 is 0 Å². The van der Waals surface area contributed by atoms with Crippen molar-refractivity contribution in [3.63, 3.8) is 0 Å². The second kappa shape index (κ2) is 7.47. The second-order valence-corrected chi connectivity index (χ2v) is 4.59. The zero-order valence-corrected chi connectivity index (χ0v) is 11.9. The van der Waals surface area contributed by atoms with Gasteiger partial charge in [-0.05, 0) is 47.9 Å². The molecule has 2 rings (SSSR count). The molecule has 0 unspecified atom stereocenters. The smallest absolute Gasteiger partial charge is 0.124 e. The van der Waals surface area contributed by atoms with Crippen molar-refractivity contribution in [2.24, 2.45) is 0 Å². The summed E-state index contributed by atoms with van der Waals surface area (Å²) in [6.07, 6.45) is 0.983. The van der Waals surface area contributed by atoms with Gasteiger partial charge in [0.05, 0.1) is 0 Å². The highest BCUT2D eigenvalue weighted by Gasteiger charge is 2.01. The van der Waals surface area contributed by atoms with Gasteiger partial charge in [-0.15, -0.1) is 0 Å². The first-order valence-corrected chi connectivity index (χ1v) is 6.82. The summed E-state index contributed by atoms with van der Waals surface area (Å²) in [5, 5.41) is 8.67. The maximum Gasteiger partial charge on any atom is 0.124 e. The summed E-state index contributed by atoms with van der Waals surface area (Å²) in [4.78, 5) is 0. The third-order valence-electron chi connectivity index (χ3n) is 3.01. The van der Waals surface area contributed by atoms with Gasteiger partial charge in [0.1, 0.15) is 24.8 Å². The Morgan fingerprint density at radius 2 is 1.86 bits per heavy atom. The summed E-state index contributed by atoms with van der Waals surface area (Å²) in [5.74, 6) is 5.58. The summed E-state index contributed by atoms with van der Waals surface area (Å²) in [5.41, 5.74) is 2.48. The van der Waals surface area contributed by atoms with E-state index in [0.29, 0.717) is 11.1 Å². The summed E-state index contributed by atoms with van der Waals surface area (Å²) < 4.78 is 19.1. The van der Waals surface area contributed by atoms with E-state index in [1.165, 1.54) is 17.7 Å². The molecule has 0 aliphatic heterocycles. The Hall–Kier alpha value is -2.31. The van der Waals surface area contributed by atoms with E-state index in [9.17, 15) is 4.39 Å². The van der Waals surface area contributed by atoms with Crippen LogP contribution in [0.25, 0.3) is 0 Å². The van der Waals surface area contributed by atoms with Crippen molar-refractivity contribution in [3.8, 4) is 17.6 Å². The van der Waals surface area contributed by atoms with Crippen LogP contribution in [0.5, 0.6) is 5.75 Å². The highest BCUT2D eigenvalue weighted by molar-refractivity contribution is 5.38. The molecule has 0 saturated heterocycles. The average Bonchev–Trinajstić information content (AvgIpc) is 2.51. The maximum absolute atomic E-state index is 13.5. The number of halogens is 1. The van der Waals surface area contributed by atoms with Crippen molar-refractivity contribution in [1.29, 1.82) is 0 Å². The SMILES string of the molecule is CCc1ccc(OCc2cc(F)cc(C#CCO)c2)cc1. The first-order chi connectivity index (χ1) is 10.2. The highest BCUT2D eigenvalue weighted by Crippen LogP contribution is 2.16. The van der Waals surface area contributed by atoms with Gasteiger partial charge in [0.2, 0.25) is 0 Å². The monoisotopic (exact) mass is 284 g/mol. The van der Waals surface area contributed by atoms with Gasteiger partial charge < -0.3 is 9.84 Å². The summed E-state index contributed by atoms with van der Waals surface area (Å²) >= 11 is 0. The van der Waals surface area contributed by atoms with Crippen LogP contribution >= 0.6 is 0 Å². The van der Waals surface area contributed by atoms with Gasteiger partial charge in [-0.1, -0.05) is 30.9 Å². The molecule has 1 N–H and O–H groups in total. The third kappa shape index (κ3) is 4.62. The maximum atomic E-state index is 13.5. The quantitative estimate of drug-likeness (QED) is 0.873. The molecule has 2 nitrogen and oxygen atoms in total. The van der Waals surface area contributed by atoms with Crippen molar-refractivity contribution in [2.75, 3.05) is 6.61 Å². The fraction of sp³-hybridized carbons (Fsp3) is 0.222.